The highest BCUT2D eigenvalue weighted by molar-refractivity contribution is 7.99. The lowest BCUT2D eigenvalue weighted by Crippen LogP contribution is -2.41. The Balaban J connectivity index is 0.00000182. The molecule has 4 nitrogen and oxygen atoms in total. The number of hydrogen-bond donors (Lipinski definition) is 2. The molecule has 27 heavy (non-hydrogen) atoms. The summed E-state index contributed by atoms with van der Waals surface area (Å²) in [6.45, 7) is 5.15. The molecular formula is C20H33Cl2N3OS. The predicted octanol–water partition coefficient (Wildman–Crippen LogP) is 3.62. The number of carbonyl (C=O) groups is 1. The van der Waals surface area contributed by atoms with E-state index in [1.54, 1.807) is 0 Å². The second-order valence-electron chi connectivity index (χ2n) is 7.21. The van der Waals surface area contributed by atoms with Crippen LogP contribution in [-0.4, -0.2) is 48.0 Å². The topological polar surface area (TPSA) is 44.4 Å². The second-order valence-corrected chi connectivity index (χ2v) is 8.36. The zero-order valence-electron chi connectivity index (χ0n) is 16.0. The summed E-state index contributed by atoms with van der Waals surface area (Å²) in [4.78, 5) is 14.6. The molecule has 2 heterocycles. The van der Waals surface area contributed by atoms with Crippen LogP contribution in [0.4, 0.5) is 0 Å². The van der Waals surface area contributed by atoms with Gasteiger partial charge in [-0.25, -0.2) is 0 Å². The van der Waals surface area contributed by atoms with Gasteiger partial charge in [-0.15, -0.1) is 24.8 Å². The molecule has 2 N–H and O–H groups in total. The van der Waals surface area contributed by atoms with Crippen molar-refractivity contribution in [2.75, 3.05) is 31.1 Å². The van der Waals surface area contributed by atoms with Gasteiger partial charge in [-0.1, -0.05) is 37.1 Å². The van der Waals surface area contributed by atoms with Gasteiger partial charge in [-0.2, -0.15) is 11.8 Å². The summed E-state index contributed by atoms with van der Waals surface area (Å²) >= 11 is 1.93. The van der Waals surface area contributed by atoms with Crippen LogP contribution >= 0.6 is 36.6 Å². The number of likely N-dealkylation sites (tertiary alicyclic amines) is 1. The fourth-order valence-corrected chi connectivity index (χ4v) is 4.51. The van der Waals surface area contributed by atoms with E-state index in [0.717, 1.165) is 24.6 Å². The molecule has 0 saturated carbocycles. The van der Waals surface area contributed by atoms with Crippen molar-refractivity contribution in [2.45, 2.75) is 51.2 Å². The minimum atomic E-state index is 0. The average Bonchev–Trinajstić information content (AvgIpc) is 2.91. The molecule has 2 aliphatic rings. The van der Waals surface area contributed by atoms with Crippen LogP contribution in [0, 0.1) is 0 Å². The van der Waals surface area contributed by atoms with E-state index in [4.69, 9.17) is 0 Å². The van der Waals surface area contributed by atoms with Gasteiger partial charge in [0.1, 0.15) is 0 Å². The van der Waals surface area contributed by atoms with Crippen LogP contribution in [0.25, 0.3) is 0 Å². The van der Waals surface area contributed by atoms with Crippen molar-refractivity contribution in [3.05, 3.63) is 35.4 Å². The Bertz CT molecular complexity index is 531. The lowest BCUT2D eigenvalue weighted by Gasteiger charge is -2.22. The van der Waals surface area contributed by atoms with E-state index in [0.29, 0.717) is 19.0 Å². The standard InChI is InChI=1S/C20H31N3OS.2ClH/c24-20(13-19-16-25-12-9-21-19)22-14-17-5-7-18(8-6-17)15-23-10-3-1-2-4-11-23;;/h5-8,19,21H,1-4,9-16H2,(H,22,24);2*1H. The Hall–Kier alpha value is -0.460. The molecule has 1 aromatic carbocycles. The van der Waals surface area contributed by atoms with Crippen molar-refractivity contribution in [2.24, 2.45) is 0 Å². The molecule has 1 aromatic rings. The fourth-order valence-electron chi connectivity index (χ4n) is 3.56. The monoisotopic (exact) mass is 433 g/mol. The molecule has 1 unspecified atom stereocenters. The Morgan fingerprint density at radius 3 is 2.37 bits per heavy atom. The Morgan fingerprint density at radius 2 is 1.74 bits per heavy atom. The van der Waals surface area contributed by atoms with Crippen LogP contribution in [0.15, 0.2) is 24.3 Å². The number of thioether (sulfide) groups is 1. The summed E-state index contributed by atoms with van der Waals surface area (Å²) in [5.41, 5.74) is 2.55. The first kappa shape index (κ1) is 24.6. The van der Waals surface area contributed by atoms with E-state index in [-0.39, 0.29) is 30.7 Å². The van der Waals surface area contributed by atoms with Crippen molar-refractivity contribution in [1.82, 2.24) is 15.5 Å². The lowest BCUT2D eigenvalue weighted by atomic mass is 10.1. The van der Waals surface area contributed by atoms with Crippen molar-refractivity contribution in [3.8, 4) is 0 Å². The van der Waals surface area contributed by atoms with Gasteiger partial charge in [-0.05, 0) is 37.1 Å². The van der Waals surface area contributed by atoms with E-state index in [1.807, 2.05) is 11.8 Å². The molecule has 0 bridgehead atoms. The highest BCUT2D eigenvalue weighted by Gasteiger charge is 2.16. The molecule has 0 radical (unpaired) electrons. The van der Waals surface area contributed by atoms with Gasteiger partial charge >= 0.3 is 0 Å². The maximum atomic E-state index is 12.1. The second kappa shape index (κ2) is 13.7. The third-order valence-electron chi connectivity index (χ3n) is 5.05. The highest BCUT2D eigenvalue weighted by Crippen LogP contribution is 2.14. The Kier molecular flexibility index (Phi) is 12.4. The van der Waals surface area contributed by atoms with Crippen LogP contribution in [0.5, 0.6) is 0 Å². The fraction of sp³-hybridized carbons (Fsp3) is 0.650. The molecule has 2 saturated heterocycles. The number of amides is 1. The summed E-state index contributed by atoms with van der Waals surface area (Å²) in [7, 11) is 0. The molecule has 0 spiro atoms. The lowest BCUT2D eigenvalue weighted by molar-refractivity contribution is -0.121. The highest BCUT2D eigenvalue weighted by atomic mass is 35.5. The maximum Gasteiger partial charge on any atom is 0.221 e. The van der Waals surface area contributed by atoms with Gasteiger partial charge in [0, 0.05) is 43.6 Å². The van der Waals surface area contributed by atoms with E-state index in [9.17, 15) is 4.79 Å². The van der Waals surface area contributed by atoms with Gasteiger partial charge in [0.05, 0.1) is 0 Å². The molecule has 154 valence electrons. The van der Waals surface area contributed by atoms with Gasteiger partial charge < -0.3 is 10.6 Å². The summed E-state index contributed by atoms with van der Waals surface area (Å²) in [5.74, 6) is 2.34. The minimum Gasteiger partial charge on any atom is -0.352 e. The van der Waals surface area contributed by atoms with Gasteiger partial charge in [-0.3, -0.25) is 9.69 Å². The number of carbonyl (C=O) groups excluding carboxylic acids is 1. The van der Waals surface area contributed by atoms with E-state index < -0.39 is 0 Å². The summed E-state index contributed by atoms with van der Waals surface area (Å²) in [6, 6.07) is 9.07. The van der Waals surface area contributed by atoms with E-state index in [1.165, 1.54) is 49.9 Å². The van der Waals surface area contributed by atoms with Crippen LogP contribution < -0.4 is 10.6 Å². The summed E-state index contributed by atoms with van der Waals surface area (Å²) in [6.07, 6.45) is 6.01. The average molecular weight is 434 g/mol. The quantitative estimate of drug-likeness (QED) is 0.718. The third kappa shape index (κ3) is 9.05. The number of benzene rings is 1. The normalized spacial score (nSPS) is 20.7. The summed E-state index contributed by atoms with van der Waals surface area (Å²) in [5, 5.41) is 6.47. The van der Waals surface area contributed by atoms with Crippen molar-refractivity contribution in [1.29, 1.82) is 0 Å². The number of nitrogens with one attached hydrogen (secondary N) is 2. The van der Waals surface area contributed by atoms with Crippen LogP contribution in [0.2, 0.25) is 0 Å². The first-order valence-corrected chi connectivity index (χ1v) is 10.8. The molecule has 3 rings (SSSR count). The maximum absolute atomic E-state index is 12.1. The van der Waals surface area contributed by atoms with Crippen molar-refractivity contribution in [3.63, 3.8) is 0 Å². The number of rotatable bonds is 6. The molecule has 1 atom stereocenters. The Morgan fingerprint density at radius 1 is 1.07 bits per heavy atom. The van der Waals surface area contributed by atoms with E-state index in [2.05, 4.69) is 39.8 Å². The van der Waals surface area contributed by atoms with Crippen LogP contribution in [-0.2, 0) is 17.9 Å². The zero-order chi connectivity index (χ0) is 17.3. The molecular weight excluding hydrogens is 401 g/mol. The van der Waals surface area contributed by atoms with Crippen molar-refractivity contribution < 1.29 is 4.79 Å². The van der Waals surface area contributed by atoms with Gasteiger partial charge in [0.15, 0.2) is 0 Å². The smallest absolute Gasteiger partial charge is 0.221 e. The van der Waals surface area contributed by atoms with Crippen LogP contribution in [0.3, 0.4) is 0 Å². The third-order valence-corrected chi connectivity index (χ3v) is 6.18. The van der Waals surface area contributed by atoms with Gasteiger partial charge in [0.2, 0.25) is 5.91 Å². The number of nitrogens with zero attached hydrogens (tertiary/aromatic N) is 1. The van der Waals surface area contributed by atoms with E-state index >= 15 is 0 Å². The molecule has 1 amide bonds. The largest absolute Gasteiger partial charge is 0.352 e. The molecule has 0 aromatic heterocycles. The molecule has 2 aliphatic heterocycles. The molecule has 0 aliphatic carbocycles. The minimum absolute atomic E-state index is 0. The number of hydrogen-bond acceptors (Lipinski definition) is 4. The van der Waals surface area contributed by atoms with Crippen LogP contribution in [0.1, 0.15) is 43.2 Å². The van der Waals surface area contributed by atoms with Crippen molar-refractivity contribution >= 4 is 42.5 Å². The SMILES string of the molecule is Cl.Cl.O=C(CC1CSCCN1)NCc1ccc(CN2CCCCCC2)cc1. The zero-order valence-corrected chi connectivity index (χ0v) is 18.4. The molecule has 7 heteroatoms. The first-order valence-electron chi connectivity index (χ1n) is 9.67. The van der Waals surface area contributed by atoms with Gasteiger partial charge in [0.25, 0.3) is 0 Å². The predicted molar refractivity (Wildman–Crippen MR) is 120 cm³/mol. The molecule has 2 fully saturated rings. The first-order chi connectivity index (χ1) is 12.3. The summed E-state index contributed by atoms with van der Waals surface area (Å²) < 4.78 is 0. The number of halogens is 2. The Labute approximate surface area is 180 Å².